The first-order chi connectivity index (χ1) is 12.5. The number of nitrogen functional groups attached to an aromatic ring is 1. The van der Waals surface area contributed by atoms with Crippen molar-refractivity contribution in [2.24, 2.45) is 0 Å². The van der Waals surface area contributed by atoms with Crippen molar-refractivity contribution in [1.29, 1.82) is 0 Å². The number of hydrogen-bond acceptors (Lipinski definition) is 5. The number of aromatic nitrogens is 2. The highest BCUT2D eigenvalue weighted by Gasteiger charge is 2.15. The van der Waals surface area contributed by atoms with Crippen molar-refractivity contribution < 1.29 is 13.2 Å². The number of hydrogen-bond donors (Lipinski definition) is 2. The van der Waals surface area contributed by atoms with Crippen molar-refractivity contribution in [2.75, 3.05) is 5.73 Å². The van der Waals surface area contributed by atoms with Gasteiger partial charge in [-0.15, -0.1) is 0 Å². The van der Waals surface area contributed by atoms with Crippen molar-refractivity contribution in [3.05, 3.63) is 65.7 Å². The Morgan fingerprint density at radius 3 is 2.54 bits per heavy atom. The van der Waals surface area contributed by atoms with Crippen LogP contribution in [-0.4, -0.2) is 18.7 Å². The number of benzene rings is 2. The lowest BCUT2D eigenvalue weighted by Crippen LogP contribution is -2.16. The largest absolute Gasteiger partial charge is 0.760 e. The molecule has 134 valence electrons. The molecule has 0 spiro atoms. The van der Waals surface area contributed by atoms with Crippen LogP contribution in [0.2, 0.25) is 0 Å². The Morgan fingerprint density at radius 2 is 1.85 bits per heavy atom. The molecule has 1 heterocycles. The molecule has 3 aromatic rings. The monoisotopic (exact) mass is 371 g/mol. The number of anilines is 1. The Balaban J connectivity index is 2.04. The van der Waals surface area contributed by atoms with Gasteiger partial charge in [0.05, 0.1) is 18.1 Å². The molecule has 1 atom stereocenters. The molecule has 1 unspecified atom stereocenters. The fraction of sp³-hybridized carbons (Fsp3) is 0.111. The maximum atomic E-state index is 15.0. The van der Waals surface area contributed by atoms with Crippen LogP contribution >= 0.6 is 0 Å². The molecule has 0 radical (unpaired) electrons. The molecule has 0 amide bonds. The average Bonchev–Trinajstić information content (AvgIpc) is 2.63. The summed E-state index contributed by atoms with van der Waals surface area (Å²) >= 11 is -2.37. The molecular weight excluding hydrogens is 355 g/mol. The third-order valence-corrected chi connectivity index (χ3v) is 4.40. The molecule has 2 aromatic carbocycles. The van der Waals surface area contributed by atoms with E-state index in [2.05, 4.69) is 14.7 Å². The lowest BCUT2D eigenvalue weighted by molar-refractivity contribution is 0.522. The van der Waals surface area contributed by atoms with Crippen molar-refractivity contribution in [2.45, 2.75) is 13.5 Å². The number of rotatable bonds is 5. The van der Waals surface area contributed by atoms with Gasteiger partial charge in [-0.25, -0.2) is 14.1 Å². The van der Waals surface area contributed by atoms with Gasteiger partial charge in [0, 0.05) is 23.4 Å². The smallest absolute Gasteiger partial charge is 0.141 e. The van der Waals surface area contributed by atoms with Gasteiger partial charge in [-0.05, 0) is 35.2 Å². The van der Waals surface area contributed by atoms with E-state index in [0.29, 0.717) is 22.4 Å². The summed E-state index contributed by atoms with van der Waals surface area (Å²) in [5.74, 6) is -0.142. The first kappa shape index (κ1) is 18.1. The molecule has 26 heavy (non-hydrogen) atoms. The number of halogens is 1. The molecule has 3 N–H and O–H groups in total. The predicted octanol–water partition coefficient (Wildman–Crippen LogP) is 2.72. The van der Waals surface area contributed by atoms with Gasteiger partial charge in [-0.1, -0.05) is 30.3 Å². The van der Waals surface area contributed by atoms with Crippen LogP contribution in [0.25, 0.3) is 22.4 Å². The molecule has 0 aliphatic carbocycles. The van der Waals surface area contributed by atoms with Gasteiger partial charge < -0.3 is 10.3 Å². The summed E-state index contributed by atoms with van der Waals surface area (Å²) in [4.78, 5) is 8.06. The predicted molar refractivity (Wildman–Crippen MR) is 97.8 cm³/mol. The van der Waals surface area contributed by atoms with Crippen molar-refractivity contribution >= 4 is 17.1 Å². The fourth-order valence-corrected chi connectivity index (χ4v) is 3.00. The summed E-state index contributed by atoms with van der Waals surface area (Å²) < 4.78 is 38.9. The molecule has 1 aromatic heterocycles. The summed E-state index contributed by atoms with van der Waals surface area (Å²) in [6.07, 6.45) is 2.80. The zero-order valence-electron chi connectivity index (χ0n) is 13.9. The number of nitrogens with two attached hydrogens (primary N) is 1. The van der Waals surface area contributed by atoms with Gasteiger partial charge in [0.1, 0.15) is 11.6 Å². The minimum Gasteiger partial charge on any atom is -0.760 e. The average molecular weight is 371 g/mol. The molecule has 0 bridgehead atoms. The molecule has 0 saturated carbocycles. The molecule has 6 nitrogen and oxygen atoms in total. The van der Waals surface area contributed by atoms with E-state index in [4.69, 9.17) is 5.73 Å². The van der Waals surface area contributed by atoms with Gasteiger partial charge in [0.2, 0.25) is 0 Å². The Hall–Kier alpha value is -2.68. The van der Waals surface area contributed by atoms with Crippen LogP contribution in [-0.2, 0) is 17.8 Å². The third kappa shape index (κ3) is 3.77. The maximum absolute atomic E-state index is 15.0. The van der Waals surface area contributed by atoms with Crippen LogP contribution in [0, 0.1) is 12.7 Å². The zero-order valence-corrected chi connectivity index (χ0v) is 14.7. The summed E-state index contributed by atoms with van der Waals surface area (Å²) in [5, 5.41) is 0. The van der Waals surface area contributed by atoms with Crippen LogP contribution in [0.15, 0.2) is 48.8 Å². The fourth-order valence-electron chi connectivity index (χ4n) is 2.73. The first-order valence-corrected chi connectivity index (χ1v) is 8.83. The van der Waals surface area contributed by atoms with Crippen LogP contribution in [0.5, 0.6) is 0 Å². The Labute approximate surface area is 152 Å². The highest BCUT2D eigenvalue weighted by Crippen LogP contribution is 2.32. The molecular formula is C18H16FN4O2S-. The normalized spacial score (nSPS) is 12.1. The van der Waals surface area contributed by atoms with Gasteiger partial charge in [0.15, 0.2) is 0 Å². The molecule has 0 aliphatic rings. The van der Waals surface area contributed by atoms with Gasteiger partial charge in [-0.2, -0.15) is 0 Å². The van der Waals surface area contributed by atoms with E-state index in [-0.39, 0.29) is 12.4 Å². The molecule has 8 heteroatoms. The van der Waals surface area contributed by atoms with Gasteiger partial charge >= 0.3 is 0 Å². The van der Waals surface area contributed by atoms with Crippen LogP contribution in [0.3, 0.4) is 0 Å². The SMILES string of the molecule is Cc1c(-c2ccccc2CNS(=O)[O-])ccc(-c2cnc(N)cn2)c1F. The van der Waals surface area contributed by atoms with Gasteiger partial charge in [-0.3, -0.25) is 9.19 Å². The highest BCUT2D eigenvalue weighted by atomic mass is 32.2. The highest BCUT2D eigenvalue weighted by molar-refractivity contribution is 7.77. The number of nitrogens with zero attached hydrogens (tertiary/aromatic N) is 2. The van der Waals surface area contributed by atoms with Crippen molar-refractivity contribution in [3.8, 4) is 22.4 Å². The van der Waals surface area contributed by atoms with Crippen LogP contribution in [0.1, 0.15) is 11.1 Å². The van der Waals surface area contributed by atoms with Crippen LogP contribution < -0.4 is 10.5 Å². The third-order valence-electron chi connectivity index (χ3n) is 4.02. The summed E-state index contributed by atoms with van der Waals surface area (Å²) in [6.45, 7) is 1.80. The molecule has 3 rings (SSSR count). The quantitative estimate of drug-likeness (QED) is 0.671. The van der Waals surface area contributed by atoms with Crippen molar-refractivity contribution in [3.63, 3.8) is 0 Å². The van der Waals surface area contributed by atoms with E-state index < -0.39 is 17.1 Å². The summed E-state index contributed by atoms with van der Waals surface area (Å²) in [6, 6.07) is 10.7. The Bertz CT molecular complexity index is 964. The minimum atomic E-state index is -2.37. The molecule has 0 aliphatic heterocycles. The van der Waals surface area contributed by atoms with Crippen LogP contribution in [0.4, 0.5) is 10.2 Å². The second kappa shape index (κ2) is 7.69. The Morgan fingerprint density at radius 1 is 1.12 bits per heavy atom. The van der Waals surface area contributed by atoms with Crippen molar-refractivity contribution in [1.82, 2.24) is 14.7 Å². The second-order valence-electron chi connectivity index (χ2n) is 5.64. The standard InChI is InChI=1S/C18H17FN4O2S/c1-11-13(14-5-3-2-4-12(14)8-23-26(24)25)6-7-15(18(11)19)16-9-22-17(20)10-21-16/h2-7,9-10,23H,8H2,1H3,(H2,20,22)(H,24,25)/p-1. The van der Waals surface area contributed by atoms with Gasteiger partial charge in [0.25, 0.3) is 0 Å². The maximum Gasteiger partial charge on any atom is 0.141 e. The van der Waals surface area contributed by atoms with E-state index in [1.165, 1.54) is 12.4 Å². The molecule has 0 saturated heterocycles. The lowest BCUT2D eigenvalue weighted by Gasteiger charge is -2.15. The summed E-state index contributed by atoms with van der Waals surface area (Å²) in [7, 11) is 0. The second-order valence-corrected chi connectivity index (χ2v) is 6.40. The lowest BCUT2D eigenvalue weighted by atomic mass is 9.93. The number of nitrogens with one attached hydrogen (secondary N) is 1. The molecule has 0 fully saturated rings. The van der Waals surface area contributed by atoms with E-state index >= 15 is 0 Å². The minimum absolute atomic E-state index is 0.124. The zero-order chi connectivity index (χ0) is 18.7. The van der Waals surface area contributed by atoms with E-state index in [1.54, 1.807) is 31.2 Å². The van der Waals surface area contributed by atoms with E-state index in [0.717, 1.165) is 11.1 Å². The van der Waals surface area contributed by atoms with E-state index in [1.807, 2.05) is 12.1 Å². The van der Waals surface area contributed by atoms with E-state index in [9.17, 15) is 13.2 Å². The summed E-state index contributed by atoms with van der Waals surface area (Å²) in [5.41, 5.74) is 8.88. The topological polar surface area (TPSA) is 104 Å². The first-order valence-electron chi connectivity index (χ1n) is 7.75. The Kier molecular flexibility index (Phi) is 5.36.